The fourth-order valence-corrected chi connectivity index (χ4v) is 4.65. The van der Waals surface area contributed by atoms with Gasteiger partial charge >= 0.3 is 0 Å². The van der Waals surface area contributed by atoms with E-state index in [9.17, 15) is 9.90 Å². The highest BCUT2D eigenvalue weighted by Gasteiger charge is 2.42. The number of methoxy groups -OCH3 is 1. The van der Waals surface area contributed by atoms with Crippen LogP contribution >= 0.6 is 0 Å². The van der Waals surface area contributed by atoms with Gasteiger partial charge in [-0.3, -0.25) is 9.69 Å². The molecular weight excluding hydrogens is 370 g/mol. The molecule has 0 unspecified atom stereocenters. The zero-order valence-electron chi connectivity index (χ0n) is 18.1. The largest absolute Gasteiger partial charge is 0.493 e. The fourth-order valence-electron chi connectivity index (χ4n) is 4.65. The van der Waals surface area contributed by atoms with E-state index in [0.717, 1.165) is 56.1 Å². The number of carbonyl (C=O) groups excluding carboxylic acids is 1. The predicted octanol–water partition coefficient (Wildman–Crippen LogP) is 1.34. The van der Waals surface area contributed by atoms with E-state index in [4.69, 9.17) is 9.47 Å². The summed E-state index contributed by atoms with van der Waals surface area (Å²) in [6.45, 7) is 5.69. The van der Waals surface area contributed by atoms with Crippen LogP contribution in [0.2, 0.25) is 0 Å². The predicted molar refractivity (Wildman–Crippen MR) is 112 cm³/mol. The Morgan fingerprint density at radius 2 is 2.00 bits per heavy atom. The summed E-state index contributed by atoms with van der Waals surface area (Å²) in [5, 5.41) is 13.3. The summed E-state index contributed by atoms with van der Waals surface area (Å²) in [5.41, 5.74) is 1.13. The van der Waals surface area contributed by atoms with Gasteiger partial charge in [-0.15, -0.1) is 0 Å². The van der Waals surface area contributed by atoms with E-state index in [-0.39, 0.29) is 11.9 Å². The van der Waals surface area contributed by atoms with E-state index in [1.165, 1.54) is 6.92 Å². The van der Waals surface area contributed by atoms with E-state index < -0.39 is 6.10 Å². The van der Waals surface area contributed by atoms with E-state index in [2.05, 4.69) is 21.2 Å². The molecule has 0 bridgehead atoms. The zero-order valence-corrected chi connectivity index (χ0v) is 18.1. The van der Waals surface area contributed by atoms with Gasteiger partial charge in [0.1, 0.15) is 6.61 Å². The third-order valence-electron chi connectivity index (χ3n) is 6.07. The maximum atomic E-state index is 11.4. The Morgan fingerprint density at radius 3 is 2.66 bits per heavy atom. The van der Waals surface area contributed by atoms with Crippen molar-refractivity contribution in [1.29, 1.82) is 0 Å². The molecule has 7 nitrogen and oxygen atoms in total. The first-order chi connectivity index (χ1) is 13.9. The normalized spacial score (nSPS) is 27.0. The number of aliphatic hydroxyl groups is 1. The molecule has 4 atom stereocenters. The Labute approximate surface area is 174 Å². The summed E-state index contributed by atoms with van der Waals surface area (Å²) in [5.74, 6) is 2.48. The van der Waals surface area contributed by atoms with Crippen LogP contribution in [0.5, 0.6) is 11.5 Å². The fraction of sp³-hybridized carbons (Fsp3) is 0.682. The van der Waals surface area contributed by atoms with Gasteiger partial charge in [-0.2, -0.15) is 0 Å². The number of fused-ring (bicyclic) bond motifs is 1. The van der Waals surface area contributed by atoms with Crippen LogP contribution < -0.4 is 14.8 Å². The standard InChI is InChI=1S/C22H35N3O4/c1-15(26)23-19-10-17-13-25(14-18(17)11-20(19)27)12-16-6-5-7-21(28-4)22(16)29-9-8-24(2)3/h5-7,17-20,27H,8-14H2,1-4H3,(H,23,26)/t17-,18+,19-,20-/m1/s1. The zero-order chi connectivity index (χ0) is 21.0. The Balaban J connectivity index is 1.66. The lowest BCUT2D eigenvalue weighted by Gasteiger charge is -2.35. The first-order valence-electron chi connectivity index (χ1n) is 10.5. The van der Waals surface area contributed by atoms with Gasteiger partial charge in [0.25, 0.3) is 0 Å². The summed E-state index contributed by atoms with van der Waals surface area (Å²) in [7, 11) is 5.73. The minimum Gasteiger partial charge on any atom is -0.493 e. The number of nitrogens with zero attached hydrogens (tertiary/aromatic N) is 2. The molecule has 2 fully saturated rings. The molecule has 0 spiro atoms. The van der Waals surface area contributed by atoms with Gasteiger partial charge in [0.05, 0.1) is 19.3 Å². The van der Waals surface area contributed by atoms with E-state index in [1.807, 2.05) is 26.2 Å². The van der Waals surface area contributed by atoms with Crippen molar-refractivity contribution in [2.24, 2.45) is 11.8 Å². The molecule has 1 heterocycles. The lowest BCUT2D eigenvalue weighted by atomic mass is 9.77. The number of ether oxygens (including phenoxy) is 2. The van der Waals surface area contributed by atoms with Crippen molar-refractivity contribution in [1.82, 2.24) is 15.1 Å². The third-order valence-corrected chi connectivity index (χ3v) is 6.07. The van der Waals surface area contributed by atoms with Crippen molar-refractivity contribution >= 4 is 5.91 Å². The van der Waals surface area contributed by atoms with Gasteiger partial charge in [-0.05, 0) is 44.8 Å². The second-order valence-corrected chi connectivity index (χ2v) is 8.66. The molecule has 3 rings (SSSR count). The summed E-state index contributed by atoms with van der Waals surface area (Å²) >= 11 is 0. The van der Waals surface area contributed by atoms with E-state index >= 15 is 0 Å². The molecule has 1 saturated carbocycles. The van der Waals surface area contributed by atoms with Crippen LogP contribution in [0.3, 0.4) is 0 Å². The Hall–Kier alpha value is -1.83. The van der Waals surface area contributed by atoms with Gasteiger partial charge in [0.2, 0.25) is 5.91 Å². The number of likely N-dealkylation sites (N-methyl/N-ethyl adjacent to an activating group) is 1. The molecule has 1 saturated heterocycles. The average Bonchev–Trinajstić information content (AvgIpc) is 3.03. The first-order valence-corrected chi connectivity index (χ1v) is 10.5. The SMILES string of the molecule is COc1cccc(CN2C[C@H]3C[C@@H](NC(C)=O)[C@H](O)C[C@H]3C2)c1OCCN(C)C. The topological polar surface area (TPSA) is 74.3 Å². The Bertz CT molecular complexity index is 697. The first kappa shape index (κ1) is 21.9. The monoisotopic (exact) mass is 405 g/mol. The molecule has 1 aliphatic heterocycles. The lowest BCUT2D eigenvalue weighted by molar-refractivity contribution is -0.121. The second kappa shape index (κ2) is 9.78. The quantitative estimate of drug-likeness (QED) is 0.680. The highest BCUT2D eigenvalue weighted by molar-refractivity contribution is 5.73. The van der Waals surface area contributed by atoms with Crippen LogP contribution in [0.1, 0.15) is 25.3 Å². The number of nitrogens with one attached hydrogen (secondary N) is 1. The minimum absolute atomic E-state index is 0.0711. The van der Waals surface area contributed by atoms with Crippen molar-refractivity contribution in [3.8, 4) is 11.5 Å². The lowest BCUT2D eigenvalue weighted by Crippen LogP contribution is -2.48. The summed E-state index contributed by atoms with van der Waals surface area (Å²) in [4.78, 5) is 16.0. The highest BCUT2D eigenvalue weighted by Crippen LogP contribution is 2.39. The van der Waals surface area contributed by atoms with Crippen LogP contribution in [-0.4, -0.2) is 80.4 Å². The number of aliphatic hydroxyl groups excluding tert-OH is 1. The number of carbonyl (C=O) groups is 1. The van der Waals surface area contributed by atoms with Gasteiger partial charge in [-0.1, -0.05) is 12.1 Å². The van der Waals surface area contributed by atoms with Gasteiger partial charge in [0, 0.05) is 38.7 Å². The Kier molecular flexibility index (Phi) is 7.38. The van der Waals surface area contributed by atoms with Crippen LogP contribution in [0.4, 0.5) is 0 Å². The number of likely N-dealkylation sites (tertiary alicyclic amines) is 1. The number of hydrogen-bond acceptors (Lipinski definition) is 6. The number of benzene rings is 1. The van der Waals surface area contributed by atoms with Crippen molar-refractivity contribution in [2.75, 3.05) is 47.4 Å². The van der Waals surface area contributed by atoms with Crippen molar-refractivity contribution in [3.63, 3.8) is 0 Å². The molecule has 0 aromatic heterocycles. The molecule has 2 N–H and O–H groups in total. The number of rotatable bonds is 8. The minimum atomic E-state index is -0.457. The molecule has 7 heteroatoms. The van der Waals surface area contributed by atoms with Crippen LogP contribution in [0, 0.1) is 11.8 Å². The molecule has 29 heavy (non-hydrogen) atoms. The molecule has 0 radical (unpaired) electrons. The van der Waals surface area contributed by atoms with Crippen molar-refractivity contribution in [2.45, 2.75) is 38.5 Å². The van der Waals surface area contributed by atoms with Crippen LogP contribution in [-0.2, 0) is 11.3 Å². The molecule has 1 aromatic rings. The molecular formula is C22H35N3O4. The maximum Gasteiger partial charge on any atom is 0.217 e. The molecule has 1 amide bonds. The van der Waals surface area contributed by atoms with Gasteiger partial charge < -0.3 is 24.8 Å². The molecule has 162 valence electrons. The highest BCUT2D eigenvalue weighted by atomic mass is 16.5. The number of hydrogen-bond donors (Lipinski definition) is 2. The van der Waals surface area contributed by atoms with E-state index in [1.54, 1.807) is 7.11 Å². The van der Waals surface area contributed by atoms with Gasteiger partial charge in [-0.25, -0.2) is 0 Å². The molecule has 1 aliphatic carbocycles. The van der Waals surface area contributed by atoms with Crippen LogP contribution in [0.25, 0.3) is 0 Å². The van der Waals surface area contributed by atoms with Crippen molar-refractivity contribution < 1.29 is 19.4 Å². The van der Waals surface area contributed by atoms with E-state index in [0.29, 0.717) is 18.4 Å². The maximum absolute atomic E-state index is 11.4. The molecule has 2 aliphatic rings. The second-order valence-electron chi connectivity index (χ2n) is 8.66. The number of para-hydroxylation sites is 1. The summed E-state index contributed by atoms with van der Waals surface area (Å²) in [6, 6.07) is 5.92. The summed E-state index contributed by atoms with van der Waals surface area (Å²) in [6.07, 6.45) is 1.13. The average molecular weight is 406 g/mol. The smallest absolute Gasteiger partial charge is 0.217 e. The van der Waals surface area contributed by atoms with Crippen molar-refractivity contribution in [3.05, 3.63) is 23.8 Å². The van der Waals surface area contributed by atoms with Crippen LogP contribution in [0.15, 0.2) is 18.2 Å². The summed E-state index contributed by atoms with van der Waals surface area (Å²) < 4.78 is 11.6. The number of amides is 1. The third kappa shape index (κ3) is 5.62. The molecule has 1 aromatic carbocycles. The Morgan fingerprint density at radius 1 is 1.28 bits per heavy atom. The van der Waals surface area contributed by atoms with Gasteiger partial charge in [0.15, 0.2) is 11.5 Å².